The summed E-state index contributed by atoms with van der Waals surface area (Å²) in [5.41, 5.74) is 0.0996. The highest BCUT2D eigenvalue weighted by atomic mass is 32.2. The Balaban J connectivity index is 2.20. The zero-order chi connectivity index (χ0) is 14.8. The molecule has 0 saturated carbocycles. The molecule has 0 atom stereocenters. The van der Waals surface area contributed by atoms with E-state index in [0.29, 0.717) is 0 Å². The summed E-state index contributed by atoms with van der Waals surface area (Å²) in [7, 11) is -3.39. The molecule has 2 N–H and O–H groups in total. The molecule has 0 aliphatic heterocycles. The maximum absolute atomic E-state index is 11.9. The van der Waals surface area contributed by atoms with Crippen molar-refractivity contribution in [3.05, 3.63) is 35.2 Å². The van der Waals surface area contributed by atoms with Crippen LogP contribution < -0.4 is 5.32 Å². The molecule has 0 fully saturated rings. The van der Waals surface area contributed by atoms with Crippen LogP contribution in [-0.2, 0) is 9.84 Å². The van der Waals surface area contributed by atoms with E-state index in [1.54, 1.807) is 12.1 Å². The molecule has 0 bridgehead atoms. The molecule has 106 valence electrons. The maximum atomic E-state index is 11.9. The van der Waals surface area contributed by atoms with E-state index in [0.717, 1.165) is 11.3 Å². The maximum Gasteiger partial charge on any atom is 0.261 e. The smallest absolute Gasteiger partial charge is 0.261 e. The van der Waals surface area contributed by atoms with E-state index in [1.165, 1.54) is 24.4 Å². The number of carbonyl (C=O) groups is 1. The highest BCUT2D eigenvalue weighted by Crippen LogP contribution is 2.22. The SMILES string of the molecule is CCS(=O)(=O)c1csc(NC(=O)c2ccccc2O)n1. The molecule has 1 aromatic heterocycles. The molecule has 20 heavy (non-hydrogen) atoms. The van der Waals surface area contributed by atoms with Crippen LogP contribution >= 0.6 is 11.3 Å². The molecule has 0 radical (unpaired) electrons. The number of carbonyl (C=O) groups excluding carboxylic acids is 1. The van der Waals surface area contributed by atoms with E-state index in [9.17, 15) is 18.3 Å². The Hall–Kier alpha value is -1.93. The minimum atomic E-state index is -3.39. The lowest BCUT2D eigenvalue weighted by atomic mass is 10.2. The van der Waals surface area contributed by atoms with Crippen molar-refractivity contribution >= 4 is 32.2 Å². The van der Waals surface area contributed by atoms with Crippen LogP contribution in [0.15, 0.2) is 34.7 Å². The number of thiazole rings is 1. The molecular weight excluding hydrogens is 300 g/mol. The highest BCUT2D eigenvalue weighted by molar-refractivity contribution is 7.91. The number of para-hydroxylation sites is 1. The number of phenols is 1. The fraction of sp³-hybridized carbons (Fsp3) is 0.167. The fourth-order valence-corrected chi connectivity index (χ4v) is 3.32. The number of sulfone groups is 1. The minimum Gasteiger partial charge on any atom is -0.507 e. The van der Waals surface area contributed by atoms with Gasteiger partial charge in [0, 0.05) is 5.38 Å². The Morgan fingerprint density at radius 2 is 2.10 bits per heavy atom. The van der Waals surface area contributed by atoms with Crippen LogP contribution in [0, 0.1) is 0 Å². The quantitative estimate of drug-likeness (QED) is 0.898. The molecule has 1 amide bonds. The molecule has 6 nitrogen and oxygen atoms in total. The zero-order valence-corrected chi connectivity index (χ0v) is 12.2. The molecule has 2 aromatic rings. The van der Waals surface area contributed by atoms with E-state index in [4.69, 9.17) is 0 Å². The second-order valence-corrected chi connectivity index (χ2v) is 6.95. The summed E-state index contributed by atoms with van der Waals surface area (Å²) < 4.78 is 23.2. The molecule has 2 rings (SSSR count). The molecule has 0 aliphatic carbocycles. The third-order valence-corrected chi connectivity index (χ3v) is 5.06. The van der Waals surface area contributed by atoms with E-state index >= 15 is 0 Å². The summed E-state index contributed by atoms with van der Waals surface area (Å²) in [5, 5.41) is 13.5. The number of anilines is 1. The van der Waals surface area contributed by atoms with Crippen molar-refractivity contribution in [1.82, 2.24) is 4.98 Å². The largest absolute Gasteiger partial charge is 0.507 e. The van der Waals surface area contributed by atoms with Gasteiger partial charge in [-0.05, 0) is 12.1 Å². The number of aromatic nitrogens is 1. The Kier molecular flexibility index (Phi) is 4.05. The van der Waals surface area contributed by atoms with Gasteiger partial charge in [-0.3, -0.25) is 10.1 Å². The van der Waals surface area contributed by atoms with Gasteiger partial charge in [0.15, 0.2) is 20.0 Å². The first-order valence-electron chi connectivity index (χ1n) is 5.71. The van der Waals surface area contributed by atoms with Crippen molar-refractivity contribution < 1.29 is 18.3 Å². The summed E-state index contributed by atoms with van der Waals surface area (Å²) in [5.74, 6) is -0.746. The number of phenolic OH excluding ortho intramolecular Hbond substituents is 1. The van der Waals surface area contributed by atoms with Crippen molar-refractivity contribution in [1.29, 1.82) is 0 Å². The minimum absolute atomic E-state index is 0.0520. The third kappa shape index (κ3) is 2.97. The number of amides is 1. The van der Waals surface area contributed by atoms with Gasteiger partial charge in [-0.25, -0.2) is 13.4 Å². The van der Waals surface area contributed by atoms with Gasteiger partial charge < -0.3 is 5.11 Å². The number of nitrogens with one attached hydrogen (secondary N) is 1. The average Bonchev–Trinajstić information content (AvgIpc) is 2.88. The third-order valence-electron chi connectivity index (χ3n) is 2.55. The number of aromatic hydroxyl groups is 1. The van der Waals surface area contributed by atoms with Crippen molar-refractivity contribution in [2.75, 3.05) is 11.1 Å². The van der Waals surface area contributed by atoms with E-state index in [-0.39, 0.29) is 27.2 Å². The van der Waals surface area contributed by atoms with E-state index in [2.05, 4.69) is 10.3 Å². The molecule has 0 spiro atoms. The normalized spacial score (nSPS) is 11.2. The van der Waals surface area contributed by atoms with Gasteiger partial charge in [-0.2, -0.15) is 0 Å². The predicted octanol–water partition coefficient (Wildman–Crippen LogP) is 1.89. The zero-order valence-electron chi connectivity index (χ0n) is 10.5. The molecule has 1 aromatic carbocycles. The topological polar surface area (TPSA) is 96.4 Å². The first kappa shape index (κ1) is 14.5. The molecule has 0 unspecified atom stereocenters. The Bertz CT molecular complexity index is 737. The van der Waals surface area contributed by atoms with Gasteiger partial charge in [0.1, 0.15) is 5.75 Å². The van der Waals surface area contributed by atoms with E-state index < -0.39 is 15.7 Å². The van der Waals surface area contributed by atoms with Crippen LogP contribution in [0.2, 0.25) is 0 Å². The number of hydrogen-bond donors (Lipinski definition) is 2. The van der Waals surface area contributed by atoms with Crippen molar-refractivity contribution in [3.63, 3.8) is 0 Å². The number of benzene rings is 1. The molecule has 1 heterocycles. The Labute approximate surface area is 120 Å². The molecule has 0 saturated heterocycles. The number of rotatable bonds is 4. The summed E-state index contributed by atoms with van der Waals surface area (Å²) >= 11 is 1.02. The van der Waals surface area contributed by atoms with E-state index in [1.807, 2.05) is 0 Å². The van der Waals surface area contributed by atoms with Gasteiger partial charge in [0.25, 0.3) is 5.91 Å². The summed E-state index contributed by atoms with van der Waals surface area (Å²) in [6.45, 7) is 1.52. The average molecular weight is 312 g/mol. The fourth-order valence-electron chi connectivity index (χ4n) is 1.44. The van der Waals surface area contributed by atoms with Crippen LogP contribution in [0.5, 0.6) is 5.75 Å². The summed E-state index contributed by atoms with van der Waals surface area (Å²) in [4.78, 5) is 15.8. The predicted molar refractivity (Wildman–Crippen MR) is 75.9 cm³/mol. The second-order valence-electron chi connectivity index (χ2n) is 3.87. The lowest BCUT2D eigenvalue weighted by Gasteiger charge is -2.03. The van der Waals surface area contributed by atoms with Crippen LogP contribution in [-0.4, -0.2) is 30.2 Å². The summed E-state index contributed by atoms with van der Waals surface area (Å²) in [6.07, 6.45) is 0. The number of nitrogens with zero attached hydrogens (tertiary/aromatic N) is 1. The van der Waals surface area contributed by atoms with Crippen molar-refractivity contribution in [2.45, 2.75) is 11.9 Å². The number of hydrogen-bond acceptors (Lipinski definition) is 6. The first-order valence-corrected chi connectivity index (χ1v) is 8.25. The second kappa shape index (κ2) is 5.59. The first-order chi connectivity index (χ1) is 9.44. The van der Waals surface area contributed by atoms with Gasteiger partial charge in [0.05, 0.1) is 11.3 Å². The monoisotopic (exact) mass is 312 g/mol. The Morgan fingerprint density at radius 1 is 1.40 bits per heavy atom. The molecular formula is C12H12N2O4S2. The lowest BCUT2D eigenvalue weighted by Crippen LogP contribution is -2.12. The Morgan fingerprint density at radius 3 is 2.75 bits per heavy atom. The summed E-state index contributed by atoms with van der Waals surface area (Å²) in [6, 6.07) is 6.07. The van der Waals surface area contributed by atoms with Crippen LogP contribution in [0.4, 0.5) is 5.13 Å². The lowest BCUT2D eigenvalue weighted by molar-refractivity contribution is 0.102. The van der Waals surface area contributed by atoms with Gasteiger partial charge in [-0.15, -0.1) is 11.3 Å². The highest BCUT2D eigenvalue weighted by Gasteiger charge is 2.18. The van der Waals surface area contributed by atoms with Crippen LogP contribution in [0.1, 0.15) is 17.3 Å². The van der Waals surface area contributed by atoms with Crippen molar-refractivity contribution in [3.8, 4) is 5.75 Å². The van der Waals surface area contributed by atoms with Gasteiger partial charge >= 0.3 is 0 Å². The van der Waals surface area contributed by atoms with Crippen LogP contribution in [0.25, 0.3) is 0 Å². The van der Waals surface area contributed by atoms with Gasteiger partial charge in [-0.1, -0.05) is 19.1 Å². The van der Waals surface area contributed by atoms with Crippen molar-refractivity contribution in [2.24, 2.45) is 0 Å². The molecule has 8 heteroatoms. The standard InChI is InChI=1S/C12H12N2O4S2/c1-2-20(17,18)10-7-19-12(13-10)14-11(16)8-5-3-4-6-9(8)15/h3-7,15H,2H2,1H3,(H,13,14,16). The van der Waals surface area contributed by atoms with Crippen LogP contribution in [0.3, 0.4) is 0 Å². The van der Waals surface area contributed by atoms with Gasteiger partial charge in [0.2, 0.25) is 0 Å². The molecule has 0 aliphatic rings.